The van der Waals surface area contributed by atoms with Crippen LogP contribution in [0.1, 0.15) is 38.7 Å². The smallest absolute Gasteiger partial charge is 0.0303 e. The summed E-state index contributed by atoms with van der Waals surface area (Å²) < 4.78 is 0. The van der Waals surface area contributed by atoms with Crippen molar-refractivity contribution in [2.24, 2.45) is 5.41 Å². The van der Waals surface area contributed by atoms with Crippen molar-refractivity contribution in [3.05, 3.63) is 30.1 Å². The van der Waals surface area contributed by atoms with Crippen LogP contribution in [0.4, 0.5) is 0 Å². The van der Waals surface area contributed by atoms with Gasteiger partial charge in [-0.3, -0.25) is 4.98 Å². The Morgan fingerprint density at radius 3 is 2.88 bits per heavy atom. The monoisotopic (exact) mass is 218 g/mol. The highest BCUT2D eigenvalue weighted by Crippen LogP contribution is 2.28. The largest absolute Gasteiger partial charge is 0.302 e. The van der Waals surface area contributed by atoms with E-state index in [9.17, 15) is 0 Å². The van der Waals surface area contributed by atoms with E-state index in [0.717, 1.165) is 0 Å². The summed E-state index contributed by atoms with van der Waals surface area (Å²) in [4.78, 5) is 6.79. The van der Waals surface area contributed by atoms with Crippen molar-refractivity contribution < 1.29 is 0 Å². The molecule has 2 nitrogen and oxygen atoms in total. The van der Waals surface area contributed by atoms with E-state index in [1.807, 2.05) is 18.5 Å². The predicted octanol–water partition coefficient (Wildman–Crippen LogP) is 2.92. The van der Waals surface area contributed by atoms with Crippen LogP contribution in [0.25, 0.3) is 0 Å². The topological polar surface area (TPSA) is 16.1 Å². The van der Waals surface area contributed by atoms with E-state index >= 15 is 0 Å². The first-order valence-electron chi connectivity index (χ1n) is 6.17. The molecule has 0 aromatic carbocycles. The molecule has 0 spiro atoms. The highest BCUT2D eigenvalue weighted by atomic mass is 15.1. The van der Waals surface area contributed by atoms with Crippen LogP contribution in [0.2, 0.25) is 0 Å². The van der Waals surface area contributed by atoms with Crippen LogP contribution in [0.15, 0.2) is 24.5 Å². The molecule has 2 rings (SSSR count). The number of rotatable bonds is 2. The van der Waals surface area contributed by atoms with Gasteiger partial charge < -0.3 is 4.90 Å². The molecular formula is C14H22N2. The maximum absolute atomic E-state index is 4.21. The molecule has 0 radical (unpaired) electrons. The number of pyridine rings is 1. The molecule has 1 aliphatic rings. The number of likely N-dealkylation sites (tertiary alicyclic amines) is 1. The predicted molar refractivity (Wildman–Crippen MR) is 67.5 cm³/mol. The zero-order chi connectivity index (χ0) is 11.6. The number of aromatic nitrogens is 1. The van der Waals surface area contributed by atoms with Crippen molar-refractivity contribution in [2.45, 2.75) is 33.1 Å². The SMILES string of the molecule is CC(C)(C)CN1CCC(c2cccnc2)C1. The average Bonchev–Trinajstić information content (AvgIpc) is 2.65. The Labute approximate surface area is 98.7 Å². The lowest BCUT2D eigenvalue weighted by Gasteiger charge is -2.26. The molecule has 2 heteroatoms. The minimum absolute atomic E-state index is 0.407. The molecule has 1 unspecified atom stereocenters. The van der Waals surface area contributed by atoms with Gasteiger partial charge in [0.05, 0.1) is 0 Å². The van der Waals surface area contributed by atoms with E-state index in [2.05, 4.69) is 36.7 Å². The van der Waals surface area contributed by atoms with Gasteiger partial charge in [0, 0.05) is 25.5 Å². The third-order valence-corrected chi connectivity index (χ3v) is 3.13. The van der Waals surface area contributed by atoms with E-state index in [4.69, 9.17) is 0 Å². The van der Waals surface area contributed by atoms with Crippen LogP contribution in [0, 0.1) is 5.41 Å². The normalized spacial score (nSPS) is 22.6. The lowest BCUT2D eigenvalue weighted by molar-refractivity contribution is 0.225. The fourth-order valence-corrected chi connectivity index (χ4v) is 2.54. The average molecular weight is 218 g/mol. The molecule has 1 saturated heterocycles. The summed E-state index contributed by atoms with van der Waals surface area (Å²) in [5.74, 6) is 0.691. The van der Waals surface area contributed by atoms with Crippen molar-refractivity contribution in [1.29, 1.82) is 0 Å². The summed E-state index contributed by atoms with van der Waals surface area (Å²) in [6.45, 7) is 10.6. The van der Waals surface area contributed by atoms with Crippen molar-refractivity contribution in [3.8, 4) is 0 Å². The molecule has 0 bridgehead atoms. The van der Waals surface area contributed by atoms with Gasteiger partial charge in [0.2, 0.25) is 0 Å². The second-order valence-electron chi connectivity index (χ2n) is 6.07. The molecule has 0 amide bonds. The maximum Gasteiger partial charge on any atom is 0.0303 e. The van der Waals surface area contributed by atoms with Crippen molar-refractivity contribution in [2.75, 3.05) is 19.6 Å². The van der Waals surface area contributed by atoms with Gasteiger partial charge in [0.15, 0.2) is 0 Å². The number of nitrogens with zero attached hydrogens (tertiary/aromatic N) is 2. The molecule has 1 aromatic rings. The van der Waals surface area contributed by atoms with Crippen LogP contribution in [-0.4, -0.2) is 29.5 Å². The first-order chi connectivity index (χ1) is 7.54. The molecule has 0 saturated carbocycles. The Kier molecular flexibility index (Phi) is 3.29. The Morgan fingerprint density at radius 1 is 1.44 bits per heavy atom. The van der Waals surface area contributed by atoms with Crippen LogP contribution < -0.4 is 0 Å². The second kappa shape index (κ2) is 4.54. The molecule has 0 aliphatic carbocycles. The standard InChI is InChI=1S/C14H22N2/c1-14(2,3)11-16-8-6-13(10-16)12-5-4-7-15-9-12/h4-5,7,9,13H,6,8,10-11H2,1-3H3. The van der Waals surface area contributed by atoms with E-state index < -0.39 is 0 Å². The highest BCUT2D eigenvalue weighted by molar-refractivity contribution is 5.16. The lowest BCUT2D eigenvalue weighted by Crippen LogP contribution is -2.30. The number of hydrogen-bond acceptors (Lipinski definition) is 2. The zero-order valence-corrected chi connectivity index (χ0v) is 10.6. The third kappa shape index (κ3) is 3.05. The summed E-state index contributed by atoms with van der Waals surface area (Å²) in [6, 6.07) is 4.25. The second-order valence-corrected chi connectivity index (χ2v) is 6.07. The van der Waals surface area contributed by atoms with Gasteiger partial charge in [0.1, 0.15) is 0 Å². The van der Waals surface area contributed by atoms with Crippen LogP contribution in [0.3, 0.4) is 0 Å². The Bertz CT molecular complexity index is 326. The zero-order valence-electron chi connectivity index (χ0n) is 10.6. The van der Waals surface area contributed by atoms with E-state index in [0.29, 0.717) is 11.3 Å². The van der Waals surface area contributed by atoms with E-state index in [1.165, 1.54) is 31.6 Å². The van der Waals surface area contributed by atoms with Gasteiger partial charge in [0.25, 0.3) is 0 Å². The fourth-order valence-electron chi connectivity index (χ4n) is 2.54. The first-order valence-corrected chi connectivity index (χ1v) is 6.17. The van der Waals surface area contributed by atoms with Crippen molar-refractivity contribution in [3.63, 3.8) is 0 Å². The number of hydrogen-bond donors (Lipinski definition) is 0. The van der Waals surface area contributed by atoms with E-state index in [-0.39, 0.29) is 0 Å². The Morgan fingerprint density at radius 2 is 2.25 bits per heavy atom. The lowest BCUT2D eigenvalue weighted by atomic mass is 9.96. The van der Waals surface area contributed by atoms with Gasteiger partial charge in [-0.05, 0) is 35.9 Å². The molecule has 88 valence electrons. The fraction of sp³-hybridized carbons (Fsp3) is 0.643. The molecule has 1 atom stereocenters. The van der Waals surface area contributed by atoms with E-state index in [1.54, 1.807) is 0 Å². The van der Waals surface area contributed by atoms with Gasteiger partial charge in [-0.15, -0.1) is 0 Å². The Balaban J connectivity index is 1.94. The molecule has 1 aromatic heterocycles. The van der Waals surface area contributed by atoms with Gasteiger partial charge in [-0.2, -0.15) is 0 Å². The summed E-state index contributed by atoms with van der Waals surface area (Å²) in [5, 5.41) is 0. The minimum atomic E-state index is 0.407. The van der Waals surface area contributed by atoms with Crippen molar-refractivity contribution in [1.82, 2.24) is 9.88 Å². The molecule has 2 heterocycles. The third-order valence-electron chi connectivity index (χ3n) is 3.13. The molecule has 16 heavy (non-hydrogen) atoms. The summed E-state index contributed by atoms with van der Waals surface area (Å²) in [6.07, 6.45) is 5.15. The van der Waals surface area contributed by atoms with Crippen LogP contribution >= 0.6 is 0 Å². The highest BCUT2D eigenvalue weighted by Gasteiger charge is 2.26. The summed E-state index contributed by atoms with van der Waals surface area (Å²) in [5.41, 5.74) is 1.81. The molecule has 1 fully saturated rings. The van der Waals surface area contributed by atoms with Gasteiger partial charge in [-0.25, -0.2) is 0 Å². The van der Waals surface area contributed by atoms with Gasteiger partial charge in [-0.1, -0.05) is 26.8 Å². The van der Waals surface area contributed by atoms with Crippen molar-refractivity contribution >= 4 is 0 Å². The first kappa shape index (κ1) is 11.6. The maximum atomic E-state index is 4.21. The molecule has 1 aliphatic heterocycles. The molecule has 0 N–H and O–H groups in total. The summed E-state index contributed by atoms with van der Waals surface area (Å²) >= 11 is 0. The quantitative estimate of drug-likeness (QED) is 0.758. The van der Waals surface area contributed by atoms with Gasteiger partial charge >= 0.3 is 0 Å². The minimum Gasteiger partial charge on any atom is -0.302 e. The van der Waals surface area contributed by atoms with Crippen LogP contribution in [0.5, 0.6) is 0 Å². The Hall–Kier alpha value is -0.890. The summed E-state index contributed by atoms with van der Waals surface area (Å²) in [7, 11) is 0. The van der Waals surface area contributed by atoms with Crippen LogP contribution in [-0.2, 0) is 0 Å². The molecular weight excluding hydrogens is 196 g/mol.